The van der Waals surface area contributed by atoms with Crippen molar-refractivity contribution >= 4 is 22.6 Å². The van der Waals surface area contributed by atoms with Crippen molar-refractivity contribution in [1.82, 2.24) is 4.98 Å². The number of hydrogen-bond donors (Lipinski definition) is 2. The molecule has 2 N–H and O–H groups in total. The predicted molar refractivity (Wildman–Crippen MR) is 75.2 cm³/mol. The molecule has 1 unspecified atom stereocenters. The summed E-state index contributed by atoms with van der Waals surface area (Å²) in [5, 5.41) is 13.8. The van der Waals surface area contributed by atoms with E-state index in [1.807, 2.05) is 18.2 Å². The maximum absolute atomic E-state index is 11.1. The van der Waals surface area contributed by atoms with E-state index in [9.17, 15) is 4.79 Å². The van der Waals surface area contributed by atoms with Gasteiger partial charge in [-0.25, -0.2) is 9.78 Å². The summed E-state index contributed by atoms with van der Waals surface area (Å²) < 4.78 is 10.1. The van der Waals surface area contributed by atoms with Crippen LogP contribution in [0.25, 0.3) is 10.8 Å². The highest BCUT2D eigenvalue weighted by Gasteiger charge is 2.18. The van der Waals surface area contributed by atoms with Crippen LogP contribution in [0.4, 0.5) is 5.82 Å². The van der Waals surface area contributed by atoms with E-state index >= 15 is 0 Å². The molecular formula is C14H16N2O4. The summed E-state index contributed by atoms with van der Waals surface area (Å²) in [6.07, 6.45) is 1.62. The second-order valence-corrected chi connectivity index (χ2v) is 4.24. The third-order valence-corrected chi connectivity index (χ3v) is 2.91. The number of methoxy groups -OCH3 is 2. The van der Waals surface area contributed by atoms with Crippen LogP contribution in [0.3, 0.4) is 0 Å². The molecule has 6 nitrogen and oxygen atoms in total. The molecule has 0 fully saturated rings. The molecule has 0 amide bonds. The fraction of sp³-hybridized carbons (Fsp3) is 0.286. The molecule has 1 heterocycles. The molecule has 0 aliphatic carbocycles. The molecule has 106 valence electrons. The first kappa shape index (κ1) is 14.1. The van der Waals surface area contributed by atoms with Crippen LogP contribution >= 0.6 is 0 Å². The molecule has 6 heteroatoms. The van der Waals surface area contributed by atoms with Gasteiger partial charge in [0.2, 0.25) is 0 Å². The number of fused-ring (bicyclic) bond motifs is 1. The monoisotopic (exact) mass is 276 g/mol. The lowest BCUT2D eigenvalue weighted by molar-refractivity contribution is -0.139. The van der Waals surface area contributed by atoms with Crippen molar-refractivity contribution in [1.29, 1.82) is 0 Å². The summed E-state index contributed by atoms with van der Waals surface area (Å²) in [6.45, 7) is 0.0591. The van der Waals surface area contributed by atoms with Crippen LogP contribution < -0.4 is 10.1 Å². The molecule has 1 aromatic heterocycles. The summed E-state index contributed by atoms with van der Waals surface area (Å²) in [5.74, 6) is 0.259. The van der Waals surface area contributed by atoms with Crippen molar-refractivity contribution in [2.24, 2.45) is 0 Å². The number of hydrogen-bond acceptors (Lipinski definition) is 5. The van der Waals surface area contributed by atoms with E-state index in [2.05, 4.69) is 10.3 Å². The number of nitrogens with zero attached hydrogens (tertiary/aromatic N) is 1. The summed E-state index contributed by atoms with van der Waals surface area (Å²) in [7, 11) is 3.06. The van der Waals surface area contributed by atoms with E-state index in [1.165, 1.54) is 7.11 Å². The lowest BCUT2D eigenvalue weighted by Gasteiger charge is -2.15. The third-order valence-electron chi connectivity index (χ3n) is 2.91. The van der Waals surface area contributed by atoms with Gasteiger partial charge in [-0.1, -0.05) is 0 Å². The Morgan fingerprint density at radius 3 is 2.85 bits per heavy atom. The molecule has 1 atom stereocenters. The van der Waals surface area contributed by atoms with Crippen molar-refractivity contribution in [3.63, 3.8) is 0 Å². The van der Waals surface area contributed by atoms with Gasteiger partial charge in [0.15, 0.2) is 0 Å². The average Bonchev–Trinajstić information content (AvgIpc) is 2.46. The van der Waals surface area contributed by atoms with E-state index in [0.717, 1.165) is 16.5 Å². The number of anilines is 1. The van der Waals surface area contributed by atoms with Crippen molar-refractivity contribution in [3.8, 4) is 5.75 Å². The number of aromatic nitrogens is 1. The molecule has 2 rings (SSSR count). The van der Waals surface area contributed by atoms with Gasteiger partial charge in [-0.05, 0) is 29.7 Å². The Kier molecular flexibility index (Phi) is 4.37. The molecule has 0 radical (unpaired) electrons. The Morgan fingerprint density at radius 2 is 2.20 bits per heavy atom. The Labute approximate surface area is 116 Å². The van der Waals surface area contributed by atoms with Gasteiger partial charge in [-0.15, -0.1) is 0 Å². The Balaban J connectivity index is 2.36. The highest BCUT2D eigenvalue weighted by Crippen LogP contribution is 2.25. The molecule has 0 saturated heterocycles. The maximum atomic E-state index is 11.1. The van der Waals surface area contributed by atoms with Crippen LogP contribution in [-0.4, -0.2) is 42.9 Å². The van der Waals surface area contributed by atoms with Gasteiger partial charge in [-0.2, -0.15) is 0 Å². The summed E-state index contributed by atoms with van der Waals surface area (Å²) in [4.78, 5) is 15.3. The number of ether oxygens (including phenoxy) is 2. The van der Waals surface area contributed by atoms with Gasteiger partial charge in [0, 0.05) is 18.7 Å². The quantitative estimate of drug-likeness (QED) is 0.836. The number of rotatable bonds is 6. The van der Waals surface area contributed by atoms with E-state index in [0.29, 0.717) is 5.82 Å². The van der Waals surface area contributed by atoms with Gasteiger partial charge >= 0.3 is 5.97 Å². The predicted octanol–water partition coefficient (Wildman–Crippen LogP) is 1.75. The van der Waals surface area contributed by atoms with Gasteiger partial charge in [0.05, 0.1) is 13.7 Å². The third kappa shape index (κ3) is 2.97. The van der Waals surface area contributed by atoms with E-state index in [4.69, 9.17) is 14.6 Å². The van der Waals surface area contributed by atoms with Crippen LogP contribution in [0.5, 0.6) is 5.75 Å². The molecule has 0 bridgehead atoms. The van der Waals surface area contributed by atoms with E-state index in [-0.39, 0.29) is 6.61 Å². The molecule has 0 aliphatic heterocycles. The molecule has 20 heavy (non-hydrogen) atoms. The molecule has 2 aromatic rings. The number of carboxylic acid groups (broad SMARTS) is 1. The number of carbonyl (C=O) groups is 1. The highest BCUT2D eigenvalue weighted by molar-refractivity contribution is 5.94. The fourth-order valence-corrected chi connectivity index (χ4v) is 1.90. The van der Waals surface area contributed by atoms with Gasteiger partial charge in [0.1, 0.15) is 17.6 Å². The number of carboxylic acids is 1. The normalized spacial score (nSPS) is 12.1. The number of benzene rings is 1. The van der Waals surface area contributed by atoms with Crippen LogP contribution in [0.15, 0.2) is 30.5 Å². The van der Waals surface area contributed by atoms with Crippen molar-refractivity contribution < 1.29 is 19.4 Å². The molecular weight excluding hydrogens is 260 g/mol. The van der Waals surface area contributed by atoms with Gasteiger partial charge < -0.3 is 19.9 Å². The van der Waals surface area contributed by atoms with Crippen LogP contribution in [0.1, 0.15) is 0 Å². The molecule has 0 spiro atoms. The average molecular weight is 276 g/mol. The Hall–Kier alpha value is -2.34. The lowest BCUT2D eigenvalue weighted by Crippen LogP contribution is -2.34. The van der Waals surface area contributed by atoms with Crippen molar-refractivity contribution in [3.05, 3.63) is 30.5 Å². The van der Waals surface area contributed by atoms with E-state index in [1.54, 1.807) is 19.4 Å². The highest BCUT2D eigenvalue weighted by atomic mass is 16.5. The summed E-state index contributed by atoms with van der Waals surface area (Å²) in [6, 6.07) is 6.51. The smallest absolute Gasteiger partial charge is 0.328 e. The van der Waals surface area contributed by atoms with Gasteiger partial charge in [0.25, 0.3) is 0 Å². The SMILES string of the molecule is COCC(Nc1nccc2cc(OC)ccc12)C(=O)O. The minimum atomic E-state index is -0.987. The Morgan fingerprint density at radius 1 is 1.40 bits per heavy atom. The van der Waals surface area contributed by atoms with Crippen LogP contribution in [-0.2, 0) is 9.53 Å². The summed E-state index contributed by atoms with van der Waals surface area (Å²) in [5.41, 5.74) is 0. The minimum Gasteiger partial charge on any atom is -0.497 e. The minimum absolute atomic E-state index is 0.0591. The zero-order valence-corrected chi connectivity index (χ0v) is 11.3. The summed E-state index contributed by atoms with van der Waals surface area (Å²) >= 11 is 0. The first-order chi connectivity index (χ1) is 9.65. The number of aliphatic carboxylic acids is 1. The molecule has 1 aromatic carbocycles. The van der Waals surface area contributed by atoms with Crippen LogP contribution in [0.2, 0.25) is 0 Å². The first-order valence-electron chi connectivity index (χ1n) is 6.06. The lowest BCUT2D eigenvalue weighted by atomic mass is 10.1. The molecule has 0 aliphatic rings. The standard InChI is InChI=1S/C14H16N2O4/c1-19-8-12(14(17)18)16-13-11-4-3-10(20-2)7-9(11)5-6-15-13/h3-7,12H,8H2,1-2H3,(H,15,16)(H,17,18). The van der Waals surface area contributed by atoms with E-state index < -0.39 is 12.0 Å². The second kappa shape index (κ2) is 6.21. The number of pyridine rings is 1. The van der Waals surface area contributed by atoms with Crippen molar-refractivity contribution in [2.75, 3.05) is 26.1 Å². The zero-order chi connectivity index (χ0) is 14.5. The topological polar surface area (TPSA) is 80.7 Å². The fourth-order valence-electron chi connectivity index (χ4n) is 1.90. The first-order valence-corrected chi connectivity index (χ1v) is 6.06. The number of nitrogens with one attached hydrogen (secondary N) is 1. The Bertz CT molecular complexity index is 615. The van der Waals surface area contributed by atoms with Crippen molar-refractivity contribution in [2.45, 2.75) is 6.04 Å². The maximum Gasteiger partial charge on any atom is 0.328 e. The van der Waals surface area contributed by atoms with Crippen LogP contribution in [0, 0.1) is 0 Å². The second-order valence-electron chi connectivity index (χ2n) is 4.24. The largest absolute Gasteiger partial charge is 0.497 e. The molecule has 0 saturated carbocycles. The van der Waals surface area contributed by atoms with Gasteiger partial charge in [-0.3, -0.25) is 0 Å². The zero-order valence-electron chi connectivity index (χ0n) is 11.3.